The first-order chi connectivity index (χ1) is 9.60. The zero-order valence-corrected chi connectivity index (χ0v) is 10.3. The summed E-state index contributed by atoms with van der Waals surface area (Å²) in [6.45, 7) is -2.92. The monoisotopic (exact) mass is 275 g/mol. The molecule has 0 spiro atoms. The molecule has 20 heavy (non-hydrogen) atoms. The highest BCUT2D eigenvalue weighted by Crippen LogP contribution is 2.31. The molecule has 2 aromatic carbocycles. The average Bonchev–Trinajstić information content (AvgIpc) is 2.43. The molecular weight excluding hydrogens is 264 g/mol. The Morgan fingerprint density at radius 1 is 1.15 bits per heavy atom. The molecule has 0 saturated carbocycles. The maximum Gasteiger partial charge on any atom is 0.387 e. The molecule has 0 aliphatic carbocycles. The third-order valence-corrected chi connectivity index (χ3v) is 2.55. The van der Waals surface area contributed by atoms with Crippen LogP contribution < -0.4 is 15.8 Å². The van der Waals surface area contributed by atoms with Gasteiger partial charge in [0, 0.05) is 0 Å². The second-order valence-electron chi connectivity index (χ2n) is 3.91. The molecular formula is C14H11F2N3O. The quantitative estimate of drug-likeness (QED) is 0.838. The van der Waals surface area contributed by atoms with Crippen molar-refractivity contribution >= 4 is 17.1 Å². The van der Waals surface area contributed by atoms with E-state index in [1.54, 1.807) is 30.3 Å². The van der Waals surface area contributed by atoms with Crippen LogP contribution in [0.5, 0.6) is 5.75 Å². The first-order valence-electron chi connectivity index (χ1n) is 5.70. The first kappa shape index (κ1) is 13.6. The van der Waals surface area contributed by atoms with Crippen LogP contribution in [0.3, 0.4) is 0 Å². The van der Waals surface area contributed by atoms with Gasteiger partial charge in [0.05, 0.1) is 28.7 Å². The molecule has 0 radical (unpaired) electrons. The summed E-state index contributed by atoms with van der Waals surface area (Å²) in [4.78, 5) is 0. The number of rotatable bonds is 4. The van der Waals surface area contributed by atoms with Crippen LogP contribution in [0.15, 0.2) is 42.5 Å². The minimum Gasteiger partial charge on any atom is -0.433 e. The van der Waals surface area contributed by atoms with Gasteiger partial charge in [0.1, 0.15) is 5.75 Å². The average molecular weight is 275 g/mol. The number of ether oxygens (including phenoxy) is 1. The van der Waals surface area contributed by atoms with Crippen molar-refractivity contribution in [3.63, 3.8) is 0 Å². The summed E-state index contributed by atoms with van der Waals surface area (Å²) in [5, 5.41) is 11.7. The predicted molar refractivity (Wildman–Crippen MR) is 71.9 cm³/mol. The number of nitrogens with one attached hydrogen (secondary N) is 1. The van der Waals surface area contributed by atoms with Crippen molar-refractivity contribution < 1.29 is 13.5 Å². The summed E-state index contributed by atoms with van der Waals surface area (Å²) in [5.74, 6) is 0.00395. The number of benzene rings is 2. The largest absolute Gasteiger partial charge is 0.433 e. The summed E-state index contributed by atoms with van der Waals surface area (Å²) in [6, 6.07) is 12.9. The summed E-state index contributed by atoms with van der Waals surface area (Å²) >= 11 is 0. The standard InChI is InChI=1S/C14H11F2N3O/c15-14(16)20-13-4-2-1-3-11(13)19-12-7-9(8-17)5-6-10(12)18/h1-7,14,19H,18H2. The minimum absolute atomic E-state index is 0.00395. The van der Waals surface area contributed by atoms with E-state index in [9.17, 15) is 8.78 Å². The zero-order valence-electron chi connectivity index (χ0n) is 10.3. The van der Waals surface area contributed by atoms with Gasteiger partial charge in [0.15, 0.2) is 0 Å². The second-order valence-corrected chi connectivity index (χ2v) is 3.91. The fourth-order valence-corrected chi connectivity index (χ4v) is 1.65. The van der Waals surface area contributed by atoms with Crippen molar-refractivity contribution in [3.05, 3.63) is 48.0 Å². The molecule has 0 aliphatic heterocycles. The normalized spacial score (nSPS) is 10.1. The van der Waals surface area contributed by atoms with E-state index in [0.29, 0.717) is 22.6 Å². The Morgan fingerprint density at radius 2 is 1.90 bits per heavy atom. The van der Waals surface area contributed by atoms with Crippen molar-refractivity contribution in [2.45, 2.75) is 6.61 Å². The van der Waals surface area contributed by atoms with E-state index in [0.717, 1.165) is 0 Å². The number of halogens is 2. The van der Waals surface area contributed by atoms with E-state index in [1.807, 2.05) is 6.07 Å². The van der Waals surface area contributed by atoms with Gasteiger partial charge in [-0.2, -0.15) is 14.0 Å². The molecule has 0 heterocycles. The van der Waals surface area contributed by atoms with Crippen LogP contribution in [0.2, 0.25) is 0 Å². The lowest BCUT2D eigenvalue weighted by molar-refractivity contribution is -0.0493. The summed E-state index contributed by atoms with van der Waals surface area (Å²) in [6.07, 6.45) is 0. The fourth-order valence-electron chi connectivity index (χ4n) is 1.65. The zero-order chi connectivity index (χ0) is 14.5. The van der Waals surface area contributed by atoms with E-state index in [4.69, 9.17) is 11.0 Å². The number of nitrogen functional groups attached to an aromatic ring is 1. The number of nitrogens with two attached hydrogens (primary N) is 1. The van der Waals surface area contributed by atoms with Crippen LogP contribution in [0.1, 0.15) is 5.56 Å². The number of anilines is 3. The van der Waals surface area contributed by atoms with Crippen LogP contribution in [0, 0.1) is 11.3 Å². The molecule has 2 rings (SSSR count). The van der Waals surface area contributed by atoms with Crippen LogP contribution in [0.25, 0.3) is 0 Å². The predicted octanol–water partition coefficient (Wildman–Crippen LogP) is 3.49. The van der Waals surface area contributed by atoms with E-state index in [1.165, 1.54) is 12.1 Å². The smallest absolute Gasteiger partial charge is 0.387 e. The Morgan fingerprint density at radius 3 is 2.60 bits per heavy atom. The highest BCUT2D eigenvalue weighted by atomic mass is 19.3. The first-order valence-corrected chi connectivity index (χ1v) is 5.70. The maximum atomic E-state index is 12.3. The number of nitriles is 1. The molecule has 0 saturated heterocycles. The lowest BCUT2D eigenvalue weighted by Crippen LogP contribution is -2.05. The molecule has 0 bridgehead atoms. The van der Waals surface area contributed by atoms with E-state index < -0.39 is 6.61 Å². The number of nitrogens with zero attached hydrogens (tertiary/aromatic N) is 1. The van der Waals surface area contributed by atoms with Gasteiger partial charge in [0.2, 0.25) is 0 Å². The molecule has 0 amide bonds. The lowest BCUT2D eigenvalue weighted by atomic mass is 10.2. The van der Waals surface area contributed by atoms with Gasteiger partial charge in [0.25, 0.3) is 0 Å². The van der Waals surface area contributed by atoms with Crippen LogP contribution in [-0.4, -0.2) is 6.61 Å². The van der Waals surface area contributed by atoms with Crippen molar-refractivity contribution in [1.82, 2.24) is 0 Å². The molecule has 4 nitrogen and oxygen atoms in total. The Labute approximate surface area is 114 Å². The molecule has 3 N–H and O–H groups in total. The van der Waals surface area contributed by atoms with E-state index in [2.05, 4.69) is 10.1 Å². The molecule has 0 fully saturated rings. The van der Waals surface area contributed by atoms with Crippen molar-refractivity contribution in [2.75, 3.05) is 11.1 Å². The van der Waals surface area contributed by atoms with Crippen molar-refractivity contribution in [3.8, 4) is 11.8 Å². The Balaban J connectivity index is 2.33. The van der Waals surface area contributed by atoms with E-state index in [-0.39, 0.29) is 5.75 Å². The molecule has 6 heteroatoms. The van der Waals surface area contributed by atoms with Gasteiger partial charge in [-0.25, -0.2) is 0 Å². The highest BCUT2D eigenvalue weighted by molar-refractivity contribution is 5.76. The Hall–Kier alpha value is -2.81. The molecule has 0 unspecified atom stereocenters. The van der Waals surface area contributed by atoms with Gasteiger partial charge in [-0.1, -0.05) is 12.1 Å². The highest BCUT2D eigenvalue weighted by Gasteiger charge is 2.10. The lowest BCUT2D eigenvalue weighted by Gasteiger charge is -2.14. The maximum absolute atomic E-state index is 12.3. The third-order valence-electron chi connectivity index (χ3n) is 2.55. The second kappa shape index (κ2) is 5.89. The Kier molecular flexibility index (Phi) is 4.01. The van der Waals surface area contributed by atoms with Crippen LogP contribution in [0.4, 0.5) is 25.8 Å². The summed E-state index contributed by atoms with van der Waals surface area (Å²) in [7, 11) is 0. The molecule has 0 aromatic heterocycles. The number of para-hydroxylation sites is 2. The van der Waals surface area contributed by atoms with Gasteiger partial charge >= 0.3 is 6.61 Å². The number of alkyl halides is 2. The Bertz CT molecular complexity index is 653. The topological polar surface area (TPSA) is 71.1 Å². The number of hydrogen-bond acceptors (Lipinski definition) is 4. The van der Waals surface area contributed by atoms with E-state index >= 15 is 0 Å². The van der Waals surface area contributed by atoms with Crippen molar-refractivity contribution in [2.24, 2.45) is 0 Å². The molecule has 0 aliphatic rings. The summed E-state index contributed by atoms with van der Waals surface area (Å²) < 4.78 is 29.1. The minimum atomic E-state index is -2.92. The molecule has 2 aromatic rings. The van der Waals surface area contributed by atoms with Gasteiger partial charge in [-0.05, 0) is 30.3 Å². The van der Waals surface area contributed by atoms with Crippen LogP contribution >= 0.6 is 0 Å². The SMILES string of the molecule is N#Cc1ccc(N)c(Nc2ccccc2OC(F)F)c1. The fraction of sp³-hybridized carbons (Fsp3) is 0.0714. The summed E-state index contributed by atoms with van der Waals surface area (Å²) in [5.41, 5.74) is 7.39. The van der Waals surface area contributed by atoms with Crippen LogP contribution in [-0.2, 0) is 0 Å². The molecule has 102 valence electrons. The van der Waals surface area contributed by atoms with Gasteiger partial charge in [-0.15, -0.1) is 0 Å². The van der Waals surface area contributed by atoms with Gasteiger partial charge < -0.3 is 15.8 Å². The third kappa shape index (κ3) is 3.14. The number of hydrogen-bond donors (Lipinski definition) is 2. The van der Waals surface area contributed by atoms with Crippen molar-refractivity contribution in [1.29, 1.82) is 5.26 Å². The van der Waals surface area contributed by atoms with Gasteiger partial charge in [-0.3, -0.25) is 0 Å². The molecule has 0 atom stereocenters.